The van der Waals surface area contributed by atoms with Gasteiger partial charge in [0.05, 0.1) is 64.1 Å². The molecular weight excluding hydrogens is 392 g/mol. The number of hydrogen-bond donors (Lipinski definition) is 4. The van der Waals surface area contributed by atoms with E-state index in [4.69, 9.17) is 4.42 Å². The maximum Gasteiger partial charge on any atom is 0.202 e. The SMILES string of the molecule is C[NH+](C)Cc1cc2c(=O)c3c(oc2c(C[NH+](C)C)c1O)c(C[NH+](C)C)n1ccccc31. The molecule has 0 fully saturated rings. The summed E-state index contributed by atoms with van der Waals surface area (Å²) in [5.41, 5.74) is 4.38. The molecule has 0 amide bonds. The Morgan fingerprint density at radius 3 is 2.26 bits per heavy atom. The summed E-state index contributed by atoms with van der Waals surface area (Å²) in [6.45, 7) is 1.90. The Morgan fingerprint density at radius 2 is 1.61 bits per heavy atom. The number of benzene rings is 1. The number of nitrogens with one attached hydrogen (secondary N) is 3. The number of phenolic OH excluding ortho intramolecular Hbond substituents is 1. The smallest absolute Gasteiger partial charge is 0.202 e. The minimum Gasteiger partial charge on any atom is -0.507 e. The number of rotatable bonds is 6. The van der Waals surface area contributed by atoms with E-state index < -0.39 is 0 Å². The maximum absolute atomic E-state index is 13.8. The van der Waals surface area contributed by atoms with E-state index in [0.717, 1.165) is 21.7 Å². The molecular formula is C24H33N4O3+3. The molecule has 0 aliphatic carbocycles. The number of fused-ring (bicyclic) bond motifs is 4. The van der Waals surface area contributed by atoms with Gasteiger partial charge in [-0.25, -0.2) is 0 Å². The van der Waals surface area contributed by atoms with Crippen LogP contribution < -0.4 is 20.1 Å². The van der Waals surface area contributed by atoms with Crippen molar-refractivity contribution in [2.24, 2.45) is 0 Å². The third kappa shape index (κ3) is 3.69. The predicted octanol–water partition coefficient (Wildman–Crippen LogP) is -1.16. The average molecular weight is 426 g/mol. The van der Waals surface area contributed by atoms with Crippen molar-refractivity contribution in [1.29, 1.82) is 0 Å². The molecule has 0 bridgehead atoms. The van der Waals surface area contributed by atoms with E-state index in [9.17, 15) is 9.90 Å². The molecule has 0 spiro atoms. The fraction of sp³-hybridized carbons (Fsp3) is 0.375. The molecule has 3 aromatic heterocycles. The second-order valence-electron chi connectivity index (χ2n) is 9.43. The molecule has 0 radical (unpaired) electrons. The number of phenols is 1. The highest BCUT2D eigenvalue weighted by Gasteiger charge is 2.25. The van der Waals surface area contributed by atoms with E-state index in [1.54, 1.807) is 0 Å². The largest absolute Gasteiger partial charge is 0.507 e. The zero-order valence-corrected chi connectivity index (χ0v) is 19.2. The summed E-state index contributed by atoms with van der Waals surface area (Å²) in [5, 5.41) is 12.3. The predicted molar refractivity (Wildman–Crippen MR) is 122 cm³/mol. The molecule has 7 heteroatoms. The molecule has 4 aromatic rings. The maximum atomic E-state index is 13.8. The molecule has 0 aliphatic heterocycles. The van der Waals surface area contributed by atoms with Crippen LogP contribution in [-0.4, -0.2) is 51.8 Å². The Morgan fingerprint density at radius 1 is 0.935 bits per heavy atom. The van der Waals surface area contributed by atoms with Gasteiger partial charge in [0.2, 0.25) is 5.43 Å². The molecule has 0 atom stereocenters. The van der Waals surface area contributed by atoms with Crippen molar-refractivity contribution < 1.29 is 24.2 Å². The van der Waals surface area contributed by atoms with Crippen molar-refractivity contribution in [1.82, 2.24) is 4.40 Å². The highest BCUT2D eigenvalue weighted by molar-refractivity contribution is 6.02. The Bertz CT molecular complexity index is 1330. The van der Waals surface area contributed by atoms with Gasteiger partial charge in [0, 0.05) is 11.8 Å². The van der Waals surface area contributed by atoms with Gasteiger partial charge in [0.1, 0.15) is 31.1 Å². The van der Waals surface area contributed by atoms with Gasteiger partial charge in [-0.1, -0.05) is 6.07 Å². The van der Waals surface area contributed by atoms with Crippen LogP contribution in [0.15, 0.2) is 39.7 Å². The number of nitrogens with zero attached hydrogens (tertiary/aromatic N) is 1. The first-order valence-electron chi connectivity index (χ1n) is 10.8. The minimum absolute atomic E-state index is 0.0371. The summed E-state index contributed by atoms with van der Waals surface area (Å²) in [7, 11) is 12.3. The van der Waals surface area contributed by atoms with Crippen molar-refractivity contribution in [2.45, 2.75) is 19.6 Å². The average Bonchev–Trinajstić information content (AvgIpc) is 2.99. The highest BCUT2D eigenvalue weighted by atomic mass is 16.3. The van der Waals surface area contributed by atoms with Gasteiger partial charge in [-0.3, -0.25) is 4.79 Å². The van der Waals surface area contributed by atoms with Crippen molar-refractivity contribution >= 4 is 27.5 Å². The minimum atomic E-state index is -0.0371. The summed E-state index contributed by atoms with van der Waals surface area (Å²) in [4.78, 5) is 17.4. The van der Waals surface area contributed by atoms with E-state index in [2.05, 4.69) is 18.5 Å². The fourth-order valence-corrected chi connectivity index (χ4v) is 4.41. The van der Waals surface area contributed by atoms with Gasteiger partial charge >= 0.3 is 0 Å². The molecule has 4 rings (SSSR count). The first kappa shape index (κ1) is 21.4. The summed E-state index contributed by atoms with van der Waals surface area (Å²) in [5.74, 6) is 0.237. The molecule has 0 saturated heterocycles. The molecule has 0 unspecified atom stereocenters. The second kappa shape index (κ2) is 8.00. The monoisotopic (exact) mass is 425 g/mol. The van der Waals surface area contributed by atoms with Crippen molar-refractivity contribution in [3.8, 4) is 5.75 Å². The normalized spacial score (nSPS) is 12.4. The van der Waals surface area contributed by atoms with Crippen LogP contribution in [0.1, 0.15) is 16.8 Å². The van der Waals surface area contributed by atoms with Gasteiger partial charge < -0.3 is 28.6 Å². The highest BCUT2D eigenvalue weighted by Crippen LogP contribution is 2.34. The standard InChI is InChI=1S/C24H30N4O3/c1-25(2)12-15-11-16-22(30)20-18-9-7-8-10-28(18)19(14-27(5)6)24(20)31-23(16)17(21(15)29)13-26(3)4/h7-11,29H,12-14H2,1-6H3/p+3. The van der Waals surface area contributed by atoms with Gasteiger partial charge in [0.25, 0.3) is 0 Å². The van der Waals surface area contributed by atoms with E-state index in [1.807, 2.05) is 58.7 Å². The Kier molecular flexibility index (Phi) is 5.51. The summed E-state index contributed by atoms with van der Waals surface area (Å²) >= 11 is 0. The molecule has 0 saturated carbocycles. The van der Waals surface area contributed by atoms with Crippen molar-refractivity contribution in [2.75, 3.05) is 42.3 Å². The van der Waals surface area contributed by atoms with Gasteiger partial charge in [-0.05, 0) is 18.2 Å². The van der Waals surface area contributed by atoms with E-state index >= 15 is 0 Å². The Balaban J connectivity index is 2.18. The fourth-order valence-electron chi connectivity index (χ4n) is 4.41. The van der Waals surface area contributed by atoms with E-state index in [-0.39, 0.29) is 11.2 Å². The molecule has 164 valence electrons. The zero-order valence-electron chi connectivity index (χ0n) is 19.2. The topological polar surface area (TPSA) is 68.2 Å². The van der Waals surface area contributed by atoms with Crippen molar-refractivity contribution in [3.63, 3.8) is 0 Å². The summed E-state index contributed by atoms with van der Waals surface area (Å²) < 4.78 is 8.56. The van der Waals surface area contributed by atoms with Gasteiger partial charge in [-0.15, -0.1) is 0 Å². The third-order valence-electron chi connectivity index (χ3n) is 5.59. The molecule has 7 nitrogen and oxygen atoms in total. The second-order valence-corrected chi connectivity index (χ2v) is 9.43. The van der Waals surface area contributed by atoms with Crippen LogP contribution in [0, 0.1) is 0 Å². The van der Waals surface area contributed by atoms with Crippen molar-refractivity contribution in [3.05, 3.63) is 57.5 Å². The van der Waals surface area contributed by atoms with Gasteiger partial charge in [0.15, 0.2) is 11.2 Å². The van der Waals surface area contributed by atoms with Crippen LogP contribution in [0.4, 0.5) is 0 Å². The lowest BCUT2D eigenvalue weighted by molar-refractivity contribution is -0.873. The van der Waals surface area contributed by atoms with Gasteiger partial charge in [-0.2, -0.15) is 0 Å². The first-order valence-corrected chi connectivity index (χ1v) is 10.8. The van der Waals surface area contributed by atoms with E-state index in [0.29, 0.717) is 47.1 Å². The number of aromatic hydroxyl groups is 1. The number of hydrogen-bond acceptors (Lipinski definition) is 3. The van der Waals surface area contributed by atoms with Crippen LogP contribution in [0.3, 0.4) is 0 Å². The van der Waals surface area contributed by atoms with Crippen LogP contribution in [0.2, 0.25) is 0 Å². The lowest BCUT2D eigenvalue weighted by Crippen LogP contribution is -3.04. The number of aromatic nitrogens is 1. The number of quaternary nitrogens is 3. The molecule has 4 N–H and O–H groups in total. The van der Waals surface area contributed by atoms with Crippen LogP contribution in [0.5, 0.6) is 5.75 Å². The number of pyridine rings is 1. The van der Waals surface area contributed by atoms with Crippen LogP contribution >= 0.6 is 0 Å². The van der Waals surface area contributed by atoms with Crippen LogP contribution in [-0.2, 0) is 19.6 Å². The Labute approximate surface area is 181 Å². The first-order chi connectivity index (χ1) is 14.7. The zero-order chi connectivity index (χ0) is 22.4. The summed E-state index contributed by atoms with van der Waals surface area (Å²) in [6, 6.07) is 7.70. The molecule has 0 aliphatic rings. The quantitative estimate of drug-likeness (QED) is 0.315. The lowest BCUT2D eigenvalue weighted by Gasteiger charge is -2.16. The summed E-state index contributed by atoms with van der Waals surface area (Å²) in [6.07, 6.45) is 1.98. The lowest BCUT2D eigenvalue weighted by atomic mass is 10.0. The molecule has 1 aromatic carbocycles. The molecule has 31 heavy (non-hydrogen) atoms. The third-order valence-corrected chi connectivity index (χ3v) is 5.59. The molecule has 3 heterocycles. The van der Waals surface area contributed by atoms with E-state index in [1.165, 1.54) is 9.80 Å². The Hall–Kier alpha value is -2.87. The van der Waals surface area contributed by atoms with Crippen LogP contribution in [0.25, 0.3) is 27.5 Å².